The van der Waals surface area contributed by atoms with E-state index in [9.17, 15) is 0 Å². The smallest absolute Gasteiger partial charge is 0.000245 e. The van der Waals surface area contributed by atoms with Crippen molar-refractivity contribution in [3.05, 3.63) is 11.6 Å². The van der Waals surface area contributed by atoms with E-state index in [1.807, 2.05) is 0 Å². The molecule has 0 aromatic rings. The average Bonchev–Trinajstić information content (AvgIpc) is 2.35. The van der Waals surface area contributed by atoms with E-state index in [0.29, 0.717) is 0 Å². The summed E-state index contributed by atoms with van der Waals surface area (Å²) in [6.45, 7) is 2.28. The van der Waals surface area contributed by atoms with Crippen molar-refractivity contribution in [2.75, 3.05) is 0 Å². The molecule has 0 heterocycles. The Hall–Kier alpha value is 0.0300. The molecule has 0 amide bonds. The van der Waals surface area contributed by atoms with Crippen LogP contribution in [0.4, 0.5) is 0 Å². The van der Waals surface area contributed by atoms with E-state index in [2.05, 4.69) is 13.0 Å². The summed E-state index contributed by atoms with van der Waals surface area (Å²) in [5.74, 6) is 0. The van der Waals surface area contributed by atoms with Crippen molar-refractivity contribution in [2.24, 2.45) is 0 Å². The molecule has 0 spiro atoms. The first-order chi connectivity index (χ1) is 8.41. The van der Waals surface area contributed by atoms with E-state index in [4.69, 9.17) is 11.6 Å². The van der Waals surface area contributed by atoms with Crippen molar-refractivity contribution in [1.29, 1.82) is 0 Å². The fourth-order valence-electron chi connectivity index (χ4n) is 2.17. The third kappa shape index (κ3) is 16.0. The minimum atomic E-state index is 1.15. The summed E-state index contributed by atoms with van der Waals surface area (Å²) < 4.78 is 0. The molecule has 0 aliphatic heterocycles. The van der Waals surface area contributed by atoms with Crippen LogP contribution in [0.3, 0.4) is 0 Å². The summed E-state index contributed by atoms with van der Waals surface area (Å²) in [6, 6.07) is 0. The monoisotopic (exact) mass is 258 g/mol. The van der Waals surface area contributed by atoms with E-state index in [-0.39, 0.29) is 0 Å². The summed E-state index contributed by atoms with van der Waals surface area (Å²) in [4.78, 5) is 0. The first-order valence-electron chi connectivity index (χ1n) is 7.67. The van der Waals surface area contributed by atoms with Crippen molar-refractivity contribution in [1.82, 2.24) is 0 Å². The van der Waals surface area contributed by atoms with Crippen molar-refractivity contribution >= 4 is 11.6 Å². The van der Waals surface area contributed by atoms with Gasteiger partial charge in [-0.05, 0) is 12.8 Å². The lowest BCUT2D eigenvalue weighted by Crippen LogP contribution is -1.82. The predicted octanol–water partition coefficient (Wildman–Crippen LogP) is 6.83. The van der Waals surface area contributed by atoms with Crippen LogP contribution >= 0.6 is 11.6 Å². The zero-order valence-electron chi connectivity index (χ0n) is 11.7. The Kier molecular flexibility index (Phi) is 16.1. The van der Waals surface area contributed by atoms with Crippen LogP contribution in [0, 0.1) is 0 Å². The minimum Gasteiger partial charge on any atom is -0.0933 e. The topological polar surface area (TPSA) is 0 Å². The Morgan fingerprint density at radius 1 is 0.647 bits per heavy atom. The van der Waals surface area contributed by atoms with Gasteiger partial charge >= 0.3 is 0 Å². The molecule has 0 bridgehead atoms. The number of allylic oxidation sites excluding steroid dienone is 1. The molecule has 0 aliphatic carbocycles. The zero-order chi connectivity index (χ0) is 12.6. The highest BCUT2D eigenvalue weighted by atomic mass is 35.5. The van der Waals surface area contributed by atoms with Crippen LogP contribution in [0.5, 0.6) is 0 Å². The molecule has 0 aliphatic rings. The van der Waals surface area contributed by atoms with Crippen LogP contribution in [0.15, 0.2) is 11.6 Å². The highest BCUT2D eigenvalue weighted by Gasteiger charge is 1.92. The van der Waals surface area contributed by atoms with E-state index in [1.165, 1.54) is 77.0 Å². The highest BCUT2D eigenvalue weighted by Crippen LogP contribution is 2.12. The third-order valence-corrected chi connectivity index (χ3v) is 3.49. The number of hydrogen-bond donors (Lipinski definition) is 0. The summed E-state index contributed by atoms with van der Waals surface area (Å²) in [5, 5.41) is 0. The van der Waals surface area contributed by atoms with E-state index >= 15 is 0 Å². The van der Waals surface area contributed by atoms with Gasteiger partial charge in [0.1, 0.15) is 0 Å². The zero-order valence-corrected chi connectivity index (χ0v) is 12.5. The van der Waals surface area contributed by atoms with Gasteiger partial charge in [0.25, 0.3) is 0 Å². The molecule has 102 valence electrons. The lowest BCUT2D eigenvalue weighted by Gasteiger charge is -2.02. The number of hydrogen-bond acceptors (Lipinski definition) is 0. The number of unbranched alkanes of at least 4 members (excludes halogenated alkanes) is 12. The number of rotatable bonds is 13. The van der Waals surface area contributed by atoms with Crippen LogP contribution < -0.4 is 0 Å². The van der Waals surface area contributed by atoms with Crippen LogP contribution in [-0.4, -0.2) is 0 Å². The van der Waals surface area contributed by atoms with Crippen LogP contribution in [0.1, 0.15) is 90.4 Å². The second-order valence-corrected chi connectivity index (χ2v) is 5.29. The minimum absolute atomic E-state index is 1.15. The molecule has 0 rings (SSSR count). The second kappa shape index (κ2) is 16.0. The van der Waals surface area contributed by atoms with Crippen LogP contribution in [0.25, 0.3) is 0 Å². The third-order valence-electron chi connectivity index (χ3n) is 3.31. The predicted molar refractivity (Wildman–Crippen MR) is 80.7 cm³/mol. The van der Waals surface area contributed by atoms with Gasteiger partial charge in [0.15, 0.2) is 0 Å². The average molecular weight is 259 g/mol. The van der Waals surface area contributed by atoms with Crippen LogP contribution in [0.2, 0.25) is 0 Å². The lowest BCUT2D eigenvalue weighted by molar-refractivity contribution is 0.545. The molecule has 0 saturated heterocycles. The van der Waals surface area contributed by atoms with Gasteiger partial charge in [0.05, 0.1) is 0 Å². The van der Waals surface area contributed by atoms with Crippen molar-refractivity contribution in [3.63, 3.8) is 0 Å². The Labute approximate surface area is 114 Å². The largest absolute Gasteiger partial charge is 0.0933 e. The van der Waals surface area contributed by atoms with Crippen molar-refractivity contribution in [2.45, 2.75) is 90.4 Å². The van der Waals surface area contributed by atoms with Gasteiger partial charge in [-0.3, -0.25) is 0 Å². The molecule has 0 atom stereocenters. The Balaban J connectivity index is 2.89. The van der Waals surface area contributed by atoms with Crippen LogP contribution in [-0.2, 0) is 0 Å². The van der Waals surface area contributed by atoms with Gasteiger partial charge in [0, 0.05) is 5.54 Å². The van der Waals surface area contributed by atoms with E-state index in [1.54, 1.807) is 5.54 Å². The molecule has 0 N–H and O–H groups in total. The van der Waals surface area contributed by atoms with Gasteiger partial charge in [-0.2, -0.15) is 0 Å². The Bertz CT molecular complexity index is 152. The maximum atomic E-state index is 5.46. The Morgan fingerprint density at radius 3 is 1.47 bits per heavy atom. The SMILES string of the molecule is CCCCCCCCCCCCCCC=CCl. The molecule has 0 aromatic carbocycles. The summed E-state index contributed by atoms with van der Waals surface area (Å²) in [5.41, 5.74) is 1.64. The first-order valence-corrected chi connectivity index (χ1v) is 8.10. The normalized spacial score (nSPS) is 11.4. The molecular weight excluding hydrogens is 228 g/mol. The quantitative estimate of drug-likeness (QED) is 0.318. The molecule has 0 aromatic heterocycles. The fourth-order valence-corrected chi connectivity index (χ4v) is 2.29. The summed E-state index contributed by atoms with van der Waals surface area (Å²) in [7, 11) is 0. The summed E-state index contributed by atoms with van der Waals surface area (Å²) >= 11 is 5.46. The second-order valence-electron chi connectivity index (χ2n) is 5.04. The molecule has 0 radical (unpaired) electrons. The summed E-state index contributed by atoms with van der Waals surface area (Å²) in [6.07, 6.45) is 20.2. The molecule has 0 unspecified atom stereocenters. The molecular formula is C16H31Cl. The van der Waals surface area contributed by atoms with Gasteiger partial charge in [-0.1, -0.05) is 95.2 Å². The molecule has 0 nitrogen and oxygen atoms in total. The molecule has 0 fully saturated rings. The molecule has 17 heavy (non-hydrogen) atoms. The molecule has 0 saturated carbocycles. The van der Waals surface area contributed by atoms with Gasteiger partial charge < -0.3 is 0 Å². The van der Waals surface area contributed by atoms with Gasteiger partial charge in [-0.15, -0.1) is 0 Å². The Morgan fingerprint density at radius 2 is 1.06 bits per heavy atom. The lowest BCUT2D eigenvalue weighted by atomic mass is 10.0. The standard InChI is InChI=1S/C16H31Cl/c1-2-3-4-5-6-7-8-9-10-11-12-13-14-15-16-17/h15-16H,2-14H2,1H3. The van der Waals surface area contributed by atoms with Gasteiger partial charge in [0.2, 0.25) is 0 Å². The maximum Gasteiger partial charge on any atom is 0.000245 e. The van der Waals surface area contributed by atoms with E-state index in [0.717, 1.165) is 6.42 Å². The first kappa shape index (κ1) is 17.0. The fraction of sp³-hybridized carbons (Fsp3) is 0.875. The van der Waals surface area contributed by atoms with E-state index < -0.39 is 0 Å². The van der Waals surface area contributed by atoms with Crippen molar-refractivity contribution in [3.8, 4) is 0 Å². The highest BCUT2D eigenvalue weighted by molar-refractivity contribution is 6.25. The van der Waals surface area contributed by atoms with Gasteiger partial charge in [-0.25, -0.2) is 0 Å². The maximum absolute atomic E-state index is 5.46. The number of halogens is 1. The molecule has 1 heteroatoms. The van der Waals surface area contributed by atoms with Crippen molar-refractivity contribution < 1.29 is 0 Å².